The predicted molar refractivity (Wildman–Crippen MR) is 69.7 cm³/mol. The van der Waals surface area contributed by atoms with Gasteiger partial charge in [-0.05, 0) is 5.56 Å². The SMILES string of the molecule is O=C1NCCN1C(=O)NC[C@H](O)Cc1ccccc1. The summed E-state index contributed by atoms with van der Waals surface area (Å²) in [5.41, 5.74) is 1.00. The Bertz CT molecular complexity index is 450. The number of carbonyl (C=O) groups is 2. The van der Waals surface area contributed by atoms with Crippen molar-refractivity contribution in [3.8, 4) is 0 Å². The molecule has 19 heavy (non-hydrogen) atoms. The van der Waals surface area contributed by atoms with Crippen molar-refractivity contribution >= 4 is 12.1 Å². The lowest BCUT2D eigenvalue weighted by Gasteiger charge is -2.16. The number of hydrogen-bond donors (Lipinski definition) is 3. The number of imide groups is 1. The molecule has 0 saturated carbocycles. The van der Waals surface area contributed by atoms with Gasteiger partial charge in [-0.2, -0.15) is 0 Å². The Morgan fingerprint density at radius 1 is 1.42 bits per heavy atom. The maximum Gasteiger partial charge on any atom is 0.325 e. The molecule has 6 nitrogen and oxygen atoms in total. The summed E-state index contributed by atoms with van der Waals surface area (Å²) in [4.78, 5) is 24.0. The summed E-state index contributed by atoms with van der Waals surface area (Å²) in [6.07, 6.45) is -0.204. The van der Waals surface area contributed by atoms with E-state index in [4.69, 9.17) is 0 Å². The highest BCUT2D eigenvalue weighted by molar-refractivity contribution is 5.94. The molecule has 1 aliphatic rings. The van der Waals surface area contributed by atoms with E-state index in [0.717, 1.165) is 10.5 Å². The number of aliphatic hydroxyl groups excluding tert-OH is 1. The monoisotopic (exact) mass is 263 g/mol. The van der Waals surface area contributed by atoms with Gasteiger partial charge in [-0.1, -0.05) is 30.3 Å². The average molecular weight is 263 g/mol. The van der Waals surface area contributed by atoms with Gasteiger partial charge < -0.3 is 15.7 Å². The Morgan fingerprint density at radius 2 is 2.16 bits per heavy atom. The molecular formula is C13H17N3O3. The van der Waals surface area contributed by atoms with Crippen LogP contribution in [-0.4, -0.2) is 47.8 Å². The summed E-state index contributed by atoms with van der Waals surface area (Å²) in [6.45, 7) is 0.954. The number of nitrogens with one attached hydrogen (secondary N) is 2. The molecule has 1 aliphatic heterocycles. The van der Waals surface area contributed by atoms with E-state index >= 15 is 0 Å². The zero-order valence-electron chi connectivity index (χ0n) is 10.5. The van der Waals surface area contributed by atoms with Crippen LogP contribution >= 0.6 is 0 Å². The Morgan fingerprint density at radius 3 is 2.79 bits per heavy atom. The molecule has 0 aliphatic carbocycles. The average Bonchev–Trinajstić information content (AvgIpc) is 2.83. The van der Waals surface area contributed by atoms with Gasteiger partial charge in [0.15, 0.2) is 0 Å². The minimum Gasteiger partial charge on any atom is -0.391 e. The van der Waals surface area contributed by atoms with E-state index in [1.54, 1.807) is 0 Å². The Labute approximate surface area is 111 Å². The molecule has 0 bridgehead atoms. The van der Waals surface area contributed by atoms with Gasteiger partial charge >= 0.3 is 12.1 Å². The van der Waals surface area contributed by atoms with Crippen LogP contribution in [0.5, 0.6) is 0 Å². The maximum absolute atomic E-state index is 11.7. The van der Waals surface area contributed by atoms with E-state index in [-0.39, 0.29) is 6.54 Å². The minimum absolute atomic E-state index is 0.123. The highest BCUT2D eigenvalue weighted by Gasteiger charge is 2.26. The summed E-state index contributed by atoms with van der Waals surface area (Å²) >= 11 is 0. The third-order valence-corrected chi connectivity index (χ3v) is 2.91. The van der Waals surface area contributed by atoms with Gasteiger partial charge in [0.2, 0.25) is 0 Å². The Balaban J connectivity index is 1.76. The van der Waals surface area contributed by atoms with Crippen molar-refractivity contribution in [1.82, 2.24) is 15.5 Å². The van der Waals surface area contributed by atoms with Crippen molar-refractivity contribution in [3.05, 3.63) is 35.9 Å². The third-order valence-electron chi connectivity index (χ3n) is 2.91. The van der Waals surface area contributed by atoms with Crippen LogP contribution in [0.25, 0.3) is 0 Å². The first-order chi connectivity index (χ1) is 9.16. The third kappa shape index (κ3) is 3.69. The van der Waals surface area contributed by atoms with Crippen molar-refractivity contribution in [2.24, 2.45) is 0 Å². The van der Waals surface area contributed by atoms with Crippen LogP contribution in [0.2, 0.25) is 0 Å². The molecule has 102 valence electrons. The highest BCUT2D eigenvalue weighted by atomic mass is 16.3. The van der Waals surface area contributed by atoms with Gasteiger partial charge in [-0.25, -0.2) is 14.5 Å². The summed E-state index contributed by atoms with van der Waals surface area (Å²) in [5.74, 6) is 0. The van der Waals surface area contributed by atoms with E-state index in [2.05, 4.69) is 10.6 Å². The van der Waals surface area contributed by atoms with E-state index in [1.807, 2.05) is 30.3 Å². The summed E-state index contributed by atoms with van der Waals surface area (Å²) < 4.78 is 0. The summed E-state index contributed by atoms with van der Waals surface area (Å²) in [5, 5.41) is 14.9. The summed E-state index contributed by atoms with van der Waals surface area (Å²) in [6, 6.07) is 8.67. The molecule has 0 aromatic heterocycles. The van der Waals surface area contributed by atoms with Gasteiger partial charge in [0, 0.05) is 26.1 Å². The molecule has 6 heteroatoms. The van der Waals surface area contributed by atoms with Crippen LogP contribution in [0.3, 0.4) is 0 Å². The molecule has 1 fully saturated rings. The van der Waals surface area contributed by atoms with Crippen molar-refractivity contribution in [3.63, 3.8) is 0 Å². The summed E-state index contributed by atoms with van der Waals surface area (Å²) in [7, 11) is 0. The molecule has 1 aromatic carbocycles. The normalized spacial score (nSPS) is 16.1. The molecule has 1 heterocycles. The Hall–Kier alpha value is -2.08. The molecule has 1 aromatic rings. The van der Waals surface area contributed by atoms with Gasteiger partial charge in [-0.3, -0.25) is 0 Å². The molecule has 4 amide bonds. The van der Waals surface area contributed by atoms with Crippen LogP contribution in [-0.2, 0) is 6.42 Å². The van der Waals surface area contributed by atoms with Gasteiger partial charge in [0.25, 0.3) is 0 Å². The zero-order chi connectivity index (χ0) is 13.7. The smallest absolute Gasteiger partial charge is 0.325 e. The number of nitrogens with zero attached hydrogens (tertiary/aromatic N) is 1. The molecule has 0 spiro atoms. The zero-order valence-corrected chi connectivity index (χ0v) is 10.5. The number of amides is 4. The van der Waals surface area contributed by atoms with Crippen LogP contribution in [0.1, 0.15) is 5.56 Å². The van der Waals surface area contributed by atoms with Gasteiger partial charge in [0.1, 0.15) is 0 Å². The lowest BCUT2D eigenvalue weighted by Crippen LogP contribution is -2.44. The first kappa shape index (κ1) is 13.4. The number of benzene rings is 1. The number of aliphatic hydroxyl groups is 1. The van der Waals surface area contributed by atoms with E-state index in [0.29, 0.717) is 19.5 Å². The van der Waals surface area contributed by atoms with Crippen molar-refractivity contribution < 1.29 is 14.7 Å². The van der Waals surface area contributed by atoms with Gasteiger partial charge in [0.05, 0.1) is 6.10 Å². The topological polar surface area (TPSA) is 81.7 Å². The number of urea groups is 2. The van der Waals surface area contributed by atoms with Crippen molar-refractivity contribution in [1.29, 1.82) is 0 Å². The van der Waals surface area contributed by atoms with E-state index in [9.17, 15) is 14.7 Å². The lowest BCUT2D eigenvalue weighted by molar-refractivity contribution is 0.163. The second-order valence-corrected chi connectivity index (χ2v) is 4.41. The van der Waals surface area contributed by atoms with Crippen molar-refractivity contribution in [2.45, 2.75) is 12.5 Å². The molecule has 0 radical (unpaired) electrons. The van der Waals surface area contributed by atoms with Crippen molar-refractivity contribution in [2.75, 3.05) is 19.6 Å². The molecule has 0 unspecified atom stereocenters. The van der Waals surface area contributed by atoms with E-state index < -0.39 is 18.2 Å². The molecule has 3 N–H and O–H groups in total. The first-order valence-corrected chi connectivity index (χ1v) is 6.22. The molecule has 1 atom stereocenters. The fourth-order valence-corrected chi connectivity index (χ4v) is 1.92. The van der Waals surface area contributed by atoms with Gasteiger partial charge in [-0.15, -0.1) is 0 Å². The fraction of sp³-hybridized carbons (Fsp3) is 0.385. The fourth-order valence-electron chi connectivity index (χ4n) is 1.92. The Kier molecular flexibility index (Phi) is 4.35. The van der Waals surface area contributed by atoms with E-state index in [1.165, 1.54) is 0 Å². The maximum atomic E-state index is 11.7. The highest BCUT2D eigenvalue weighted by Crippen LogP contribution is 2.03. The first-order valence-electron chi connectivity index (χ1n) is 6.22. The number of hydrogen-bond acceptors (Lipinski definition) is 3. The second kappa shape index (κ2) is 6.19. The lowest BCUT2D eigenvalue weighted by atomic mass is 10.1. The number of rotatable bonds is 4. The van der Waals surface area contributed by atoms with Crippen LogP contribution in [0.4, 0.5) is 9.59 Å². The molecule has 1 saturated heterocycles. The predicted octanol–water partition coefficient (Wildman–Crippen LogP) is 0.325. The largest absolute Gasteiger partial charge is 0.391 e. The minimum atomic E-state index is -0.669. The van der Waals surface area contributed by atoms with Crippen LogP contribution in [0.15, 0.2) is 30.3 Å². The quantitative estimate of drug-likeness (QED) is 0.732. The van der Waals surface area contributed by atoms with Crippen LogP contribution < -0.4 is 10.6 Å². The second-order valence-electron chi connectivity index (χ2n) is 4.41. The molecular weight excluding hydrogens is 246 g/mol. The standard InChI is InChI=1S/C13H17N3O3/c17-11(8-10-4-2-1-3-5-10)9-15-13(19)16-7-6-14-12(16)18/h1-5,11,17H,6-9H2,(H,14,18)(H,15,19)/t11-/m1/s1. The molecule has 2 rings (SSSR count). The van der Waals surface area contributed by atoms with Crippen LogP contribution in [0, 0.1) is 0 Å². The number of carbonyl (C=O) groups excluding carboxylic acids is 2.